The predicted molar refractivity (Wildman–Crippen MR) is 130 cm³/mol. The van der Waals surface area contributed by atoms with Gasteiger partial charge in [-0.1, -0.05) is 78.6 Å². The molecule has 0 bridgehead atoms. The molecule has 2 aliphatic rings. The average Bonchev–Trinajstić information content (AvgIpc) is 3.23. The third kappa shape index (κ3) is 8.64. The number of hydrogen-bond acceptors (Lipinski definition) is 4. The van der Waals surface area contributed by atoms with E-state index in [1.54, 1.807) is 0 Å². The molecule has 0 saturated carbocycles. The summed E-state index contributed by atoms with van der Waals surface area (Å²) in [5.41, 5.74) is 1.93. The number of unbranched alkanes of at least 4 members (excludes halogenated alkanes) is 9. The van der Waals surface area contributed by atoms with Crippen molar-refractivity contribution < 1.29 is 8.42 Å². The molecule has 0 radical (unpaired) electrons. The Labute approximate surface area is 191 Å². The van der Waals surface area contributed by atoms with Crippen LogP contribution in [0.2, 0.25) is 0 Å². The number of rotatable bonds is 13. The third-order valence-electron chi connectivity index (χ3n) is 6.65. The lowest BCUT2D eigenvalue weighted by atomic mass is 9.77. The summed E-state index contributed by atoms with van der Waals surface area (Å²) in [5.74, 6) is 0.100. The number of likely N-dealkylation sites (tertiary alicyclic amines) is 1. The molecule has 0 amide bonds. The Kier molecular flexibility index (Phi) is 10.6. The summed E-state index contributed by atoms with van der Waals surface area (Å²) in [6.07, 6.45) is 17.7. The van der Waals surface area contributed by atoms with E-state index in [1.165, 1.54) is 63.5 Å². The van der Waals surface area contributed by atoms with Crippen molar-refractivity contribution in [2.24, 2.45) is 5.41 Å². The highest BCUT2D eigenvalue weighted by Gasteiger charge is 2.32. The van der Waals surface area contributed by atoms with Gasteiger partial charge in [-0.05, 0) is 49.2 Å². The summed E-state index contributed by atoms with van der Waals surface area (Å²) < 4.78 is 26.0. The SMILES string of the molecule is CCCCCCCCCCCCS(=O)(=O)C(C#N)=C1C=C(N2CCCC2)CC(C)(C)C1. The van der Waals surface area contributed by atoms with E-state index in [-0.39, 0.29) is 16.1 Å². The summed E-state index contributed by atoms with van der Waals surface area (Å²) >= 11 is 0. The molecule has 0 unspecified atom stereocenters. The molecule has 0 atom stereocenters. The van der Waals surface area contributed by atoms with Crippen LogP contribution in [0, 0.1) is 16.7 Å². The summed E-state index contributed by atoms with van der Waals surface area (Å²) in [7, 11) is -3.52. The Hall–Kier alpha value is -1.28. The van der Waals surface area contributed by atoms with E-state index in [9.17, 15) is 13.7 Å². The molecule has 2 rings (SSSR count). The molecule has 1 saturated heterocycles. The predicted octanol–water partition coefficient (Wildman–Crippen LogP) is 6.90. The van der Waals surface area contributed by atoms with Crippen LogP contribution in [0.5, 0.6) is 0 Å². The number of hydrogen-bond donors (Lipinski definition) is 0. The highest BCUT2D eigenvalue weighted by molar-refractivity contribution is 7.95. The van der Waals surface area contributed by atoms with E-state index >= 15 is 0 Å². The number of nitriles is 1. The molecule has 0 aromatic rings. The van der Waals surface area contributed by atoms with Crippen molar-refractivity contribution >= 4 is 9.84 Å². The third-order valence-corrected chi connectivity index (χ3v) is 8.45. The Morgan fingerprint density at radius 2 is 1.52 bits per heavy atom. The Balaban J connectivity index is 1.91. The van der Waals surface area contributed by atoms with Gasteiger partial charge < -0.3 is 4.90 Å². The molecule has 0 N–H and O–H groups in total. The van der Waals surface area contributed by atoms with E-state index < -0.39 is 9.84 Å². The highest BCUT2D eigenvalue weighted by atomic mass is 32.2. The Morgan fingerprint density at radius 3 is 2.06 bits per heavy atom. The van der Waals surface area contributed by atoms with Gasteiger partial charge in [-0.2, -0.15) is 5.26 Å². The second kappa shape index (κ2) is 12.7. The van der Waals surface area contributed by atoms with Gasteiger partial charge in [-0.3, -0.25) is 0 Å². The van der Waals surface area contributed by atoms with Crippen LogP contribution in [0.25, 0.3) is 0 Å². The zero-order valence-electron chi connectivity index (χ0n) is 20.2. The van der Waals surface area contributed by atoms with Gasteiger partial charge in [-0.15, -0.1) is 0 Å². The topological polar surface area (TPSA) is 61.2 Å². The van der Waals surface area contributed by atoms with Gasteiger partial charge in [0.05, 0.1) is 5.75 Å². The van der Waals surface area contributed by atoms with Crippen molar-refractivity contribution in [3.63, 3.8) is 0 Å². The Bertz CT molecular complexity index is 766. The largest absolute Gasteiger partial charge is 0.375 e. The molecule has 31 heavy (non-hydrogen) atoms. The quantitative estimate of drug-likeness (QED) is 0.227. The molecule has 1 heterocycles. The fraction of sp³-hybridized carbons (Fsp3) is 0.808. The molecular formula is C26H44N2O2S. The molecule has 1 aliphatic carbocycles. The number of allylic oxidation sites excluding steroid dienone is 4. The molecule has 1 aliphatic heterocycles. The molecule has 5 heteroatoms. The molecule has 0 aromatic carbocycles. The molecule has 176 valence electrons. The van der Waals surface area contributed by atoms with Crippen molar-refractivity contribution in [1.29, 1.82) is 5.26 Å². The summed E-state index contributed by atoms with van der Waals surface area (Å²) in [6.45, 7) is 8.68. The van der Waals surface area contributed by atoms with Gasteiger partial charge in [0.25, 0.3) is 0 Å². The van der Waals surface area contributed by atoms with Crippen LogP contribution in [0.15, 0.2) is 22.3 Å². The van der Waals surface area contributed by atoms with Crippen molar-refractivity contribution in [2.45, 2.75) is 111 Å². The van der Waals surface area contributed by atoms with Crippen LogP contribution >= 0.6 is 0 Å². The van der Waals surface area contributed by atoms with Crippen LogP contribution in [-0.2, 0) is 9.84 Å². The Morgan fingerprint density at radius 1 is 0.968 bits per heavy atom. The number of sulfone groups is 1. The lowest BCUT2D eigenvalue weighted by molar-refractivity contribution is 0.290. The lowest BCUT2D eigenvalue weighted by Crippen LogP contribution is -2.28. The van der Waals surface area contributed by atoms with E-state index in [0.717, 1.165) is 37.9 Å². The van der Waals surface area contributed by atoms with Crippen LogP contribution in [-0.4, -0.2) is 32.2 Å². The smallest absolute Gasteiger partial charge is 0.188 e. The first-order chi connectivity index (χ1) is 14.8. The maximum Gasteiger partial charge on any atom is 0.188 e. The minimum atomic E-state index is -3.52. The standard InChI is InChI=1S/C26H44N2O2S/c1-4-5-6-7-8-9-10-11-12-15-18-31(29,30)25(22-27)23-19-24(21-26(2,3)20-23)28-16-13-14-17-28/h19H,4-18,20-21H2,1-3H3. The first-order valence-corrected chi connectivity index (χ1v) is 14.3. The van der Waals surface area contributed by atoms with Gasteiger partial charge in [0, 0.05) is 18.8 Å². The van der Waals surface area contributed by atoms with E-state index in [1.807, 2.05) is 6.08 Å². The van der Waals surface area contributed by atoms with E-state index in [4.69, 9.17) is 0 Å². The van der Waals surface area contributed by atoms with Crippen molar-refractivity contribution in [2.75, 3.05) is 18.8 Å². The molecular weight excluding hydrogens is 404 g/mol. The number of nitrogens with zero attached hydrogens (tertiary/aromatic N) is 2. The monoisotopic (exact) mass is 448 g/mol. The maximum absolute atomic E-state index is 13.0. The molecule has 0 aromatic heterocycles. The van der Waals surface area contributed by atoms with Crippen LogP contribution < -0.4 is 0 Å². The fourth-order valence-electron chi connectivity index (χ4n) is 4.95. The summed E-state index contributed by atoms with van der Waals surface area (Å²) in [5, 5.41) is 9.77. The van der Waals surface area contributed by atoms with Gasteiger partial charge >= 0.3 is 0 Å². The van der Waals surface area contributed by atoms with Crippen LogP contribution in [0.4, 0.5) is 0 Å². The lowest BCUT2D eigenvalue weighted by Gasteiger charge is -2.35. The zero-order valence-corrected chi connectivity index (χ0v) is 21.0. The second-order valence-corrected chi connectivity index (χ2v) is 12.4. The average molecular weight is 449 g/mol. The molecule has 1 fully saturated rings. The summed E-state index contributed by atoms with van der Waals surface area (Å²) in [6, 6.07) is 2.08. The minimum Gasteiger partial charge on any atom is -0.375 e. The molecule has 4 nitrogen and oxygen atoms in total. The van der Waals surface area contributed by atoms with Gasteiger partial charge in [0.1, 0.15) is 11.0 Å². The first-order valence-electron chi connectivity index (χ1n) is 12.6. The molecule has 0 spiro atoms. The van der Waals surface area contributed by atoms with Gasteiger partial charge in [-0.25, -0.2) is 8.42 Å². The van der Waals surface area contributed by atoms with Crippen molar-refractivity contribution in [1.82, 2.24) is 4.90 Å². The minimum absolute atomic E-state index is 0.0171. The zero-order chi connectivity index (χ0) is 22.7. The fourth-order valence-corrected chi connectivity index (χ4v) is 6.41. The second-order valence-electron chi connectivity index (χ2n) is 10.3. The van der Waals surface area contributed by atoms with Crippen molar-refractivity contribution in [3.05, 3.63) is 22.3 Å². The van der Waals surface area contributed by atoms with Crippen molar-refractivity contribution in [3.8, 4) is 6.07 Å². The van der Waals surface area contributed by atoms with E-state index in [0.29, 0.717) is 12.8 Å². The van der Waals surface area contributed by atoms with Crippen LogP contribution in [0.3, 0.4) is 0 Å². The van der Waals surface area contributed by atoms with E-state index in [2.05, 4.69) is 31.7 Å². The maximum atomic E-state index is 13.0. The van der Waals surface area contributed by atoms with Crippen LogP contribution in [0.1, 0.15) is 111 Å². The highest BCUT2D eigenvalue weighted by Crippen LogP contribution is 2.41. The first kappa shape index (κ1) is 26.0. The van der Waals surface area contributed by atoms with Gasteiger partial charge in [0.2, 0.25) is 0 Å². The summed E-state index contributed by atoms with van der Waals surface area (Å²) in [4.78, 5) is 2.40. The van der Waals surface area contributed by atoms with Gasteiger partial charge in [0.15, 0.2) is 9.84 Å². The normalized spacial score (nSPS) is 20.5.